The molecule has 0 spiro atoms. The lowest BCUT2D eigenvalue weighted by Gasteiger charge is -2.32. The van der Waals surface area contributed by atoms with Gasteiger partial charge in [0.05, 0.1) is 4.90 Å². The van der Waals surface area contributed by atoms with Gasteiger partial charge in [0.15, 0.2) is 0 Å². The quantitative estimate of drug-likeness (QED) is 0.862. The normalized spacial score (nSPS) is 21.9. The molecule has 0 radical (unpaired) electrons. The number of rotatable bonds is 5. The Kier molecular flexibility index (Phi) is 6.19. The van der Waals surface area contributed by atoms with Crippen LogP contribution < -0.4 is 5.32 Å². The highest BCUT2D eigenvalue weighted by molar-refractivity contribution is 7.89. The maximum Gasteiger partial charge on any atom is 0.243 e. The van der Waals surface area contributed by atoms with Gasteiger partial charge < -0.3 is 5.32 Å². The second-order valence-electron chi connectivity index (χ2n) is 7.08. The van der Waals surface area contributed by atoms with E-state index in [9.17, 15) is 8.42 Å². The first-order valence-electron chi connectivity index (χ1n) is 9.02. The highest BCUT2D eigenvalue weighted by atomic mass is 35.5. The van der Waals surface area contributed by atoms with Gasteiger partial charge >= 0.3 is 0 Å². The van der Waals surface area contributed by atoms with E-state index in [1.54, 1.807) is 28.6 Å². The molecule has 2 aliphatic rings. The molecule has 2 fully saturated rings. The van der Waals surface area contributed by atoms with Gasteiger partial charge in [-0.05, 0) is 68.8 Å². The number of hydrogen-bond acceptors (Lipinski definition) is 3. The van der Waals surface area contributed by atoms with Crippen LogP contribution in [-0.2, 0) is 10.0 Å². The minimum atomic E-state index is -3.40. The van der Waals surface area contributed by atoms with E-state index in [2.05, 4.69) is 5.32 Å². The molecule has 0 aromatic heterocycles. The predicted octanol–water partition coefficient (Wildman–Crippen LogP) is 3.52. The highest BCUT2D eigenvalue weighted by Crippen LogP contribution is 2.29. The first-order chi connectivity index (χ1) is 11.6. The molecule has 134 valence electrons. The lowest BCUT2D eigenvalue weighted by Crippen LogP contribution is -2.38. The van der Waals surface area contributed by atoms with Crippen molar-refractivity contribution in [3.05, 3.63) is 29.3 Å². The standard InChI is InChI=1S/C18H27ClN2O2S/c19-17-2-1-3-18(14-17)24(22,23)21-12-8-16(9-13-21)5-4-15-6-10-20-11-7-15/h1-3,14-16,20H,4-13H2. The number of piperidine rings is 2. The van der Waals surface area contributed by atoms with E-state index in [1.807, 2.05) is 0 Å². The molecule has 1 N–H and O–H groups in total. The molecule has 6 heteroatoms. The second-order valence-corrected chi connectivity index (χ2v) is 9.45. The zero-order valence-corrected chi connectivity index (χ0v) is 15.7. The summed E-state index contributed by atoms with van der Waals surface area (Å²) in [5, 5.41) is 3.88. The first-order valence-corrected chi connectivity index (χ1v) is 10.8. The van der Waals surface area contributed by atoms with Crippen molar-refractivity contribution in [1.82, 2.24) is 9.62 Å². The van der Waals surface area contributed by atoms with Gasteiger partial charge in [-0.15, -0.1) is 0 Å². The van der Waals surface area contributed by atoms with Crippen LogP contribution in [0.5, 0.6) is 0 Å². The van der Waals surface area contributed by atoms with Crippen molar-refractivity contribution in [2.24, 2.45) is 11.8 Å². The zero-order valence-electron chi connectivity index (χ0n) is 14.1. The average Bonchev–Trinajstić information content (AvgIpc) is 2.61. The molecule has 0 amide bonds. The largest absolute Gasteiger partial charge is 0.317 e. The Bertz CT molecular complexity index is 636. The van der Waals surface area contributed by atoms with Crippen LogP contribution in [0.1, 0.15) is 38.5 Å². The van der Waals surface area contributed by atoms with Crippen molar-refractivity contribution in [3.63, 3.8) is 0 Å². The van der Waals surface area contributed by atoms with E-state index in [4.69, 9.17) is 11.6 Å². The molecule has 1 aromatic carbocycles. The van der Waals surface area contributed by atoms with Crippen molar-refractivity contribution in [1.29, 1.82) is 0 Å². The van der Waals surface area contributed by atoms with Crippen LogP contribution in [0.15, 0.2) is 29.2 Å². The SMILES string of the molecule is O=S(=O)(c1cccc(Cl)c1)N1CCC(CCC2CCNCC2)CC1. The molecular weight excluding hydrogens is 344 g/mol. The maximum atomic E-state index is 12.7. The van der Waals surface area contributed by atoms with Gasteiger partial charge in [0.25, 0.3) is 0 Å². The Morgan fingerprint density at radius 1 is 1.04 bits per heavy atom. The number of hydrogen-bond donors (Lipinski definition) is 1. The van der Waals surface area contributed by atoms with E-state index in [-0.39, 0.29) is 0 Å². The zero-order chi connectivity index (χ0) is 17.0. The average molecular weight is 371 g/mol. The second kappa shape index (κ2) is 8.17. The third kappa shape index (κ3) is 4.51. The van der Waals surface area contributed by atoms with E-state index in [0.717, 1.165) is 31.8 Å². The molecule has 0 atom stereocenters. The molecule has 3 rings (SSSR count). The van der Waals surface area contributed by atoms with E-state index in [0.29, 0.717) is 28.9 Å². The minimum Gasteiger partial charge on any atom is -0.317 e. The summed E-state index contributed by atoms with van der Waals surface area (Å²) in [5.41, 5.74) is 0. The third-order valence-corrected chi connectivity index (χ3v) is 7.58. The molecule has 24 heavy (non-hydrogen) atoms. The predicted molar refractivity (Wildman–Crippen MR) is 97.8 cm³/mol. The Morgan fingerprint density at radius 3 is 2.29 bits per heavy atom. The van der Waals surface area contributed by atoms with Crippen molar-refractivity contribution in [3.8, 4) is 0 Å². The third-order valence-electron chi connectivity index (χ3n) is 5.45. The fourth-order valence-electron chi connectivity index (χ4n) is 3.86. The van der Waals surface area contributed by atoms with Gasteiger partial charge in [0.2, 0.25) is 10.0 Å². The van der Waals surface area contributed by atoms with Crippen LogP contribution >= 0.6 is 11.6 Å². The van der Waals surface area contributed by atoms with Gasteiger partial charge in [-0.2, -0.15) is 4.31 Å². The molecule has 2 saturated heterocycles. The van der Waals surface area contributed by atoms with Gasteiger partial charge in [-0.25, -0.2) is 8.42 Å². The summed E-state index contributed by atoms with van der Waals surface area (Å²) >= 11 is 5.94. The first kappa shape index (κ1) is 18.2. The van der Waals surface area contributed by atoms with Gasteiger partial charge in [-0.3, -0.25) is 0 Å². The van der Waals surface area contributed by atoms with E-state index in [1.165, 1.54) is 25.7 Å². The molecule has 0 aliphatic carbocycles. The molecule has 2 heterocycles. The molecule has 4 nitrogen and oxygen atoms in total. The van der Waals surface area contributed by atoms with Crippen molar-refractivity contribution in [2.45, 2.75) is 43.4 Å². The fourth-order valence-corrected chi connectivity index (χ4v) is 5.63. The van der Waals surface area contributed by atoms with E-state index < -0.39 is 10.0 Å². The summed E-state index contributed by atoms with van der Waals surface area (Å²) in [6.07, 6.45) is 7.09. The lowest BCUT2D eigenvalue weighted by molar-refractivity contribution is 0.239. The highest BCUT2D eigenvalue weighted by Gasteiger charge is 2.29. The lowest BCUT2D eigenvalue weighted by atomic mass is 9.86. The number of halogens is 1. The summed E-state index contributed by atoms with van der Waals surface area (Å²) in [7, 11) is -3.40. The minimum absolute atomic E-state index is 0.308. The molecule has 0 unspecified atom stereocenters. The Morgan fingerprint density at radius 2 is 1.67 bits per heavy atom. The van der Waals surface area contributed by atoms with Crippen LogP contribution in [0.3, 0.4) is 0 Å². The van der Waals surface area contributed by atoms with Crippen LogP contribution in [0.25, 0.3) is 0 Å². The molecule has 0 saturated carbocycles. The summed E-state index contributed by atoms with van der Waals surface area (Å²) < 4.78 is 27.0. The number of nitrogens with zero attached hydrogens (tertiary/aromatic N) is 1. The summed E-state index contributed by atoms with van der Waals surface area (Å²) in [4.78, 5) is 0.308. The van der Waals surface area contributed by atoms with Crippen LogP contribution in [-0.4, -0.2) is 38.9 Å². The molecule has 2 aliphatic heterocycles. The Hall–Kier alpha value is -0.620. The number of sulfonamides is 1. The van der Waals surface area contributed by atoms with Crippen LogP contribution in [0.4, 0.5) is 0 Å². The maximum absolute atomic E-state index is 12.7. The van der Waals surface area contributed by atoms with Gasteiger partial charge in [0, 0.05) is 18.1 Å². The summed E-state index contributed by atoms with van der Waals surface area (Å²) in [5.74, 6) is 1.53. The monoisotopic (exact) mass is 370 g/mol. The topological polar surface area (TPSA) is 49.4 Å². The van der Waals surface area contributed by atoms with Gasteiger partial charge in [0.1, 0.15) is 0 Å². The molecular formula is C18H27ClN2O2S. The molecule has 1 aromatic rings. The molecule has 0 bridgehead atoms. The van der Waals surface area contributed by atoms with Crippen molar-refractivity contribution >= 4 is 21.6 Å². The number of nitrogens with one attached hydrogen (secondary N) is 1. The van der Waals surface area contributed by atoms with Crippen molar-refractivity contribution < 1.29 is 8.42 Å². The summed E-state index contributed by atoms with van der Waals surface area (Å²) in [6, 6.07) is 6.57. The van der Waals surface area contributed by atoms with Crippen molar-refractivity contribution in [2.75, 3.05) is 26.2 Å². The van der Waals surface area contributed by atoms with E-state index >= 15 is 0 Å². The van der Waals surface area contributed by atoms with Crippen LogP contribution in [0.2, 0.25) is 5.02 Å². The number of benzene rings is 1. The smallest absolute Gasteiger partial charge is 0.243 e. The van der Waals surface area contributed by atoms with Gasteiger partial charge in [-0.1, -0.05) is 30.5 Å². The Labute approximate surface area is 150 Å². The summed E-state index contributed by atoms with van der Waals surface area (Å²) in [6.45, 7) is 3.57. The van der Waals surface area contributed by atoms with Crippen LogP contribution in [0, 0.1) is 11.8 Å². The fraction of sp³-hybridized carbons (Fsp3) is 0.667. The Balaban J connectivity index is 1.51.